The summed E-state index contributed by atoms with van der Waals surface area (Å²) in [7, 11) is 0. The van der Waals surface area contributed by atoms with Gasteiger partial charge in [0.05, 0.1) is 6.42 Å². The molecule has 23 heavy (non-hydrogen) atoms. The number of para-hydroxylation sites is 1. The molecule has 0 fully saturated rings. The molecule has 2 aromatic rings. The fourth-order valence-corrected chi connectivity index (χ4v) is 1.91. The van der Waals surface area contributed by atoms with E-state index in [-0.39, 0.29) is 23.7 Å². The Morgan fingerprint density at radius 1 is 0.913 bits per heavy atom. The largest absolute Gasteiger partial charge is 0.508 e. The molecule has 0 heterocycles. The highest BCUT2D eigenvalue weighted by molar-refractivity contribution is 6.11. The van der Waals surface area contributed by atoms with Gasteiger partial charge in [-0.2, -0.15) is 0 Å². The monoisotopic (exact) mass is 307 g/mol. The average Bonchev–Trinajstić information content (AvgIpc) is 2.53. The highest BCUT2D eigenvalue weighted by Crippen LogP contribution is 2.13. The van der Waals surface area contributed by atoms with E-state index in [1.165, 1.54) is 24.3 Å². The molecule has 3 N–H and O–H groups in total. The molecule has 0 aliphatic carbocycles. The number of hydrogen-bond donors (Lipinski definition) is 2. The van der Waals surface area contributed by atoms with Crippen molar-refractivity contribution in [3.63, 3.8) is 0 Å². The molecule has 0 atom stereocenters. The van der Waals surface area contributed by atoms with Gasteiger partial charge in [-0.15, -0.1) is 0 Å². The Balaban J connectivity index is 1.91. The summed E-state index contributed by atoms with van der Waals surface area (Å²) in [6.07, 6.45) is 5.73. The van der Waals surface area contributed by atoms with E-state index in [1.807, 2.05) is 12.1 Å². The second-order valence-corrected chi connectivity index (χ2v) is 5.00. The van der Waals surface area contributed by atoms with E-state index in [9.17, 15) is 14.7 Å². The van der Waals surface area contributed by atoms with Crippen LogP contribution in [0.15, 0.2) is 60.7 Å². The fourth-order valence-electron chi connectivity index (χ4n) is 1.91. The first-order valence-electron chi connectivity index (χ1n) is 7.10. The molecule has 2 rings (SSSR count). The van der Waals surface area contributed by atoms with Crippen molar-refractivity contribution in [2.75, 3.05) is 5.73 Å². The van der Waals surface area contributed by atoms with Crippen molar-refractivity contribution in [3.05, 3.63) is 71.8 Å². The number of rotatable bonds is 6. The molecule has 4 heteroatoms. The molecular formula is C19H17NO3. The number of hydrogen-bond acceptors (Lipinski definition) is 4. The first-order chi connectivity index (χ1) is 11.0. The molecule has 0 bridgehead atoms. The zero-order valence-corrected chi connectivity index (χ0v) is 12.5. The maximum atomic E-state index is 11.8. The Bertz CT molecular complexity index is 758. The second kappa shape index (κ2) is 7.75. The van der Waals surface area contributed by atoms with Gasteiger partial charge in [0, 0.05) is 5.69 Å². The summed E-state index contributed by atoms with van der Waals surface area (Å²) in [5, 5.41) is 9.17. The zero-order valence-electron chi connectivity index (χ0n) is 12.5. The average molecular weight is 307 g/mol. The number of nitrogens with two attached hydrogens (primary N) is 1. The summed E-state index contributed by atoms with van der Waals surface area (Å²) < 4.78 is 0. The van der Waals surface area contributed by atoms with Crippen LogP contribution in [0.3, 0.4) is 0 Å². The van der Waals surface area contributed by atoms with Crippen molar-refractivity contribution in [2.45, 2.75) is 6.42 Å². The fraction of sp³-hybridized carbons (Fsp3) is 0.0526. The molecule has 116 valence electrons. The Hall–Kier alpha value is -3.14. The van der Waals surface area contributed by atoms with E-state index in [1.54, 1.807) is 36.4 Å². The molecule has 0 spiro atoms. The SMILES string of the molecule is Nc1ccccc1/C=C/C(=O)CC(=O)/C=C/c1ccc(O)cc1. The van der Waals surface area contributed by atoms with E-state index in [0.29, 0.717) is 5.69 Å². The lowest BCUT2D eigenvalue weighted by Crippen LogP contribution is -2.02. The topological polar surface area (TPSA) is 80.4 Å². The summed E-state index contributed by atoms with van der Waals surface area (Å²) in [6, 6.07) is 13.6. The van der Waals surface area contributed by atoms with Gasteiger partial charge < -0.3 is 10.8 Å². The number of carbonyl (C=O) groups is 2. The molecule has 0 amide bonds. The van der Waals surface area contributed by atoms with Crippen LogP contribution in [0, 0.1) is 0 Å². The van der Waals surface area contributed by atoms with Gasteiger partial charge >= 0.3 is 0 Å². The second-order valence-electron chi connectivity index (χ2n) is 5.00. The third-order valence-corrected chi connectivity index (χ3v) is 3.15. The Labute approximate surface area is 134 Å². The number of benzene rings is 2. The molecule has 0 aliphatic heterocycles. The molecule has 0 saturated carbocycles. The highest BCUT2D eigenvalue weighted by Gasteiger charge is 2.04. The number of aromatic hydroxyl groups is 1. The third kappa shape index (κ3) is 5.28. The quantitative estimate of drug-likeness (QED) is 0.488. The van der Waals surface area contributed by atoms with Crippen LogP contribution >= 0.6 is 0 Å². The normalized spacial score (nSPS) is 11.1. The molecule has 2 aromatic carbocycles. The molecule has 4 nitrogen and oxygen atoms in total. The van der Waals surface area contributed by atoms with Crippen LogP contribution in [0.5, 0.6) is 5.75 Å². The standard InChI is InChI=1S/C19H17NO3/c20-19-4-2-1-3-15(19)8-12-18(23)13-17(22)11-7-14-5-9-16(21)10-6-14/h1-12,21H,13,20H2/b11-7+,12-8+. The van der Waals surface area contributed by atoms with E-state index in [2.05, 4.69) is 0 Å². The lowest BCUT2D eigenvalue weighted by Gasteiger charge is -1.98. The van der Waals surface area contributed by atoms with Crippen molar-refractivity contribution >= 4 is 29.4 Å². The predicted octanol–water partition coefficient (Wildman–Crippen LogP) is 3.23. The van der Waals surface area contributed by atoms with Crippen LogP contribution in [0.2, 0.25) is 0 Å². The lowest BCUT2D eigenvalue weighted by molar-refractivity contribution is -0.121. The Morgan fingerprint density at radius 2 is 1.52 bits per heavy atom. The van der Waals surface area contributed by atoms with Crippen LogP contribution < -0.4 is 5.73 Å². The number of allylic oxidation sites excluding steroid dienone is 2. The summed E-state index contributed by atoms with van der Waals surface area (Å²) in [6.45, 7) is 0. The minimum absolute atomic E-state index is 0.161. The maximum Gasteiger partial charge on any atom is 0.163 e. The maximum absolute atomic E-state index is 11.8. The van der Waals surface area contributed by atoms with Gasteiger partial charge in [-0.05, 0) is 47.6 Å². The van der Waals surface area contributed by atoms with Gasteiger partial charge in [-0.1, -0.05) is 36.4 Å². The third-order valence-electron chi connectivity index (χ3n) is 3.15. The molecule has 0 saturated heterocycles. The van der Waals surface area contributed by atoms with Gasteiger partial charge in [0.15, 0.2) is 11.6 Å². The zero-order chi connectivity index (χ0) is 16.7. The Kier molecular flexibility index (Phi) is 5.47. The summed E-state index contributed by atoms with van der Waals surface area (Å²) in [5.74, 6) is -0.406. The van der Waals surface area contributed by atoms with Gasteiger partial charge in [0.1, 0.15) is 5.75 Å². The molecule has 0 aliphatic rings. The highest BCUT2D eigenvalue weighted by atomic mass is 16.3. The van der Waals surface area contributed by atoms with Crippen molar-refractivity contribution in [2.24, 2.45) is 0 Å². The molecule has 0 aromatic heterocycles. The van der Waals surface area contributed by atoms with Gasteiger partial charge in [0.25, 0.3) is 0 Å². The van der Waals surface area contributed by atoms with Crippen LogP contribution in [0.1, 0.15) is 17.5 Å². The van der Waals surface area contributed by atoms with Crippen molar-refractivity contribution in [3.8, 4) is 5.75 Å². The van der Waals surface area contributed by atoms with Crippen LogP contribution in [-0.4, -0.2) is 16.7 Å². The number of phenols is 1. The molecule has 0 unspecified atom stereocenters. The number of ketones is 2. The Morgan fingerprint density at radius 3 is 2.17 bits per heavy atom. The van der Waals surface area contributed by atoms with Crippen LogP contribution in [0.4, 0.5) is 5.69 Å². The molecular weight excluding hydrogens is 290 g/mol. The summed E-state index contributed by atoms with van der Waals surface area (Å²) in [4.78, 5) is 23.5. The molecule has 0 radical (unpaired) electrons. The smallest absolute Gasteiger partial charge is 0.163 e. The van der Waals surface area contributed by atoms with Crippen molar-refractivity contribution in [1.29, 1.82) is 0 Å². The van der Waals surface area contributed by atoms with Crippen LogP contribution in [0.25, 0.3) is 12.2 Å². The minimum Gasteiger partial charge on any atom is -0.508 e. The van der Waals surface area contributed by atoms with Gasteiger partial charge in [-0.3, -0.25) is 9.59 Å². The van der Waals surface area contributed by atoms with E-state index in [4.69, 9.17) is 5.73 Å². The van der Waals surface area contributed by atoms with Gasteiger partial charge in [0.2, 0.25) is 0 Å². The predicted molar refractivity (Wildman–Crippen MR) is 91.7 cm³/mol. The van der Waals surface area contributed by atoms with Crippen LogP contribution in [-0.2, 0) is 9.59 Å². The lowest BCUT2D eigenvalue weighted by atomic mass is 10.1. The van der Waals surface area contributed by atoms with E-state index >= 15 is 0 Å². The van der Waals surface area contributed by atoms with Crippen molar-refractivity contribution < 1.29 is 14.7 Å². The number of nitrogen functional groups attached to an aromatic ring is 1. The summed E-state index contributed by atoms with van der Waals surface area (Å²) >= 11 is 0. The van der Waals surface area contributed by atoms with Gasteiger partial charge in [-0.25, -0.2) is 0 Å². The van der Waals surface area contributed by atoms with E-state index < -0.39 is 0 Å². The first kappa shape index (κ1) is 16.2. The summed E-state index contributed by atoms with van der Waals surface area (Å²) in [5.41, 5.74) is 7.87. The first-order valence-corrected chi connectivity index (χ1v) is 7.10. The van der Waals surface area contributed by atoms with E-state index in [0.717, 1.165) is 11.1 Å². The number of phenolic OH excluding ortho intramolecular Hbond substituents is 1. The number of carbonyl (C=O) groups excluding carboxylic acids is 2. The van der Waals surface area contributed by atoms with Crippen molar-refractivity contribution in [1.82, 2.24) is 0 Å². The number of anilines is 1. The minimum atomic E-state index is -0.284.